The number of hydrogen-bond acceptors (Lipinski definition) is 5. The first-order chi connectivity index (χ1) is 8.58. The van der Waals surface area contributed by atoms with Crippen LogP contribution in [0.15, 0.2) is 10.6 Å². The fourth-order valence-corrected chi connectivity index (χ4v) is 1.62. The molecule has 0 radical (unpaired) electrons. The molecule has 2 rings (SSSR count). The summed E-state index contributed by atoms with van der Waals surface area (Å²) in [4.78, 5) is 24.3. The monoisotopic (exact) mass is 253 g/mol. The van der Waals surface area contributed by atoms with Gasteiger partial charge in [0.25, 0.3) is 5.91 Å². The number of likely N-dealkylation sites (N-methyl/N-ethyl adjacent to an activating group) is 1. The van der Waals surface area contributed by atoms with Crippen molar-refractivity contribution in [3.8, 4) is 0 Å². The molecule has 2 N–H and O–H groups in total. The summed E-state index contributed by atoms with van der Waals surface area (Å²) in [5.74, 6) is -2.00. The van der Waals surface area contributed by atoms with Crippen LogP contribution in [0.1, 0.15) is 33.9 Å². The topological polar surface area (TPSA) is 95.7 Å². The number of aromatic nitrogens is 1. The lowest BCUT2D eigenvalue weighted by Crippen LogP contribution is -2.34. The predicted molar refractivity (Wildman–Crippen MR) is 61.4 cm³/mol. The Balaban J connectivity index is 1.77. The molecule has 0 saturated heterocycles. The van der Waals surface area contributed by atoms with Crippen molar-refractivity contribution in [1.82, 2.24) is 15.4 Å². The van der Waals surface area contributed by atoms with Gasteiger partial charge in [0.2, 0.25) is 5.76 Å². The van der Waals surface area contributed by atoms with Crippen LogP contribution in [0.4, 0.5) is 0 Å². The Morgan fingerprint density at radius 1 is 1.61 bits per heavy atom. The van der Waals surface area contributed by atoms with E-state index in [0.717, 1.165) is 12.6 Å². The lowest BCUT2D eigenvalue weighted by atomic mass is 10.3. The van der Waals surface area contributed by atoms with Crippen molar-refractivity contribution < 1.29 is 19.2 Å². The van der Waals surface area contributed by atoms with Gasteiger partial charge in [-0.1, -0.05) is 5.16 Å². The molecule has 7 nitrogen and oxygen atoms in total. The number of carboxylic acids is 1. The van der Waals surface area contributed by atoms with Gasteiger partial charge >= 0.3 is 5.97 Å². The van der Waals surface area contributed by atoms with Crippen LogP contribution in [-0.2, 0) is 0 Å². The van der Waals surface area contributed by atoms with Crippen LogP contribution in [-0.4, -0.2) is 53.2 Å². The van der Waals surface area contributed by atoms with Crippen LogP contribution in [0.3, 0.4) is 0 Å². The third kappa shape index (κ3) is 3.07. The Labute approximate surface area is 104 Å². The number of carbonyl (C=O) groups excluding carboxylic acids is 1. The van der Waals surface area contributed by atoms with Crippen molar-refractivity contribution in [1.29, 1.82) is 0 Å². The average Bonchev–Trinajstić information content (AvgIpc) is 3.05. The highest BCUT2D eigenvalue weighted by atomic mass is 16.5. The summed E-state index contributed by atoms with van der Waals surface area (Å²) in [6, 6.07) is 1.76. The van der Waals surface area contributed by atoms with Crippen LogP contribution in [0.2, 0.25) is 0 Å². The molecule has 18 heavy (non-hydrogen) atoms. The molecule has 1 amide bonds. The average molecular weight is 253 g/mol. The van der Waals surface area contributed by atoms with Crippen LogP contribution in [0.5, 0.6) is 0 Å². The first kappa shape index (κ1) is 12.6. The molecule has 1 heterocycles. The Morgan fingerprint density at radius 2 is 2.33 bits per heavy atom. The Hall–Kier alpha value is -1.89. The van der Waals surface area contributed by atoms with Gasteiger partial charge < -0.3 is 19.8 Å². The minimum absolute atomic E-state index is 0.0125. The number of carbonyl (C=O) groups is 2. The molecule has 0 atom stereocenters. The van der Waals surface area contributed by atoms with Crippen molar-refractivity contribution in [3.05, 3.63) is 17.5 Å². The van der Waals surface area contributed by atoms with Gasteiger partial charge in [0.15, 0.2) is 5.69 Å². The molecule has 1 saturated carbocycles. The van der Waals surface area contributed by atoms with Gasteiger partial charge in [0.1, 0.15) is 0 Å². The van der Waals surface area contributed by atoms with Crippen molar-refractivity contribution in [3.63, 3.8) is 0 Å². The second kappa shape index (κ2) is 5.18. The summed E-state index contributed by atoms with van der Waals surface area (Å²) in [5.41, 5.74) is -0.0125. The number of hydrogen-bond donors (Lipinski definition) is 2. The molecule has 0 spiro atoms. The molecule has 1 aliphatic carbocycles. The van der Waals surface area contributed by atoms with Crippen LogP contribution < -0.4 is 5.32 Å². The first-order valence-electron chi connectivity index (χ1n) is 5.76. The smallest absolute Gasteiger partial charge is 0.374 e. The van der Waals surface area contributed by atoms with E-state index in [9.17, 15) is 9.59 Å². The van der Waals surface area contributed by atoms with Gasteiger partial charge in [0.05, 0.1) is 0 Å². The zero-order valence-electron chi connectivity index (χ0n) is 10.0. The second-order valence-corrected chi connectivity index (χ2v) is 4.35. The molecular formula is C11H15N3O4. The van der Waals surface area contributed by atoms with E-state index < -0.39 is 11.9 Å². The van der Waals surface area contributed by atoms with Crippen LogP contribution in [0.25, 0.3) is 0 Å². The van der Waals surface area contributed by atoms with Gasteiger partial charge in [-0.25, -0.2) is 4.79 Å². The number of nitrogens with one attached hydrogen (secondary N) is 1. The third-order valence-electron chi connectivity index (χ3n) is 2.87. The molecule has 0 aromatic carbocycles. The Morgan fingerprint density at radius 3 is 2.89 bits per heavy atom. The summed E-state index contributed by atoms with van der Waals surface area (Å²) >= 11 is 0. The molecule has 7 heteroatoms. The molecule has 1 aliphatic rings. The highest BCUT2D eigenvalue weighted by Gasteiger charge is 2.25. The quantitative estimate of drug-likeness (QED) is 0.751. The van der Waals surface area contributed by atoms with Gasteiger partial charge in [0, 0.05) is 25.2 Å². The minimum Gasteiger partial charge on any atom is -0.475 e. The van der Waals surface area contributed by atoms with E-state index >= 15 is 0 Å². The fourth-order valence-electron chi connectivity index (χ4n) is 1.62. The molecular weight excluding hydrogens is 238 g/mol. The third-order valence-corrected chi connectivity index (χ3v) is 2.87. The number of aromatic carboxylic acids is 1. The molecule has 98 valence electrons. The van der Waals surface area contributed by atoms with Crippen LogP contribution >= 0.6 is 0 Å². The van der Waals surface area contributed by atoms with E-state index in [1.54, 1.807) is 0 Å². The van der Waals surface area contributed by atoms with Gasteiger partial charge in [-0.2, -0.15) is 0 Å². The predicted octanol–water partition coefficient (Wildman–Crippen LogP) is 0.197. The van der Waals surface area contributed by atoms with Gasteiger partial charge in [-0.3, -0.25) is 4.79 Å². The number of carboxylic acid groups (broad SMARTS) is 1. The van der Waals surface area contributed by atoms with Gasteiger partial charge in [-0.05, 0) is 19.9 Å². The number of nitrogens with zero attached hydrogens (tertiary/aromatic N) is 2. The Bertz CT molecular complexity index is 453. The molecule has 0 unspecified atom stereocenters. The normalized spacial score (nSPS) is 14.8. The molecule has 1 aromatic heterocycles. The number of amides is 1. The molecule has 0 bridgehead atoms. The maximum atomic E-state index is 11.6. The molecule has 0 aliphatic heterocycles. The lowest BCUT2D eigenvalue weighted by molar-refractivity contribution is 0.0651. The zero-order valence-corrected chi connectivity index (χ0v) is 10.0. The molecule has 1 aromatic rings. The maximum Gasteiger partial charge on any atom is 0.374 e. The first-order valence-corrected chi connectivity index (χ1v) is 5.76. The fraction of sp³-hybridized carbons (Fsp3) is 0.545. The van der Waals surface area contributed by atoms with Crippen molar-refractivity contribution in [2.45, 2.75) is 18.9 Å². The molecule has 1 fully saturated rings. The maximum absolute atomic E-state index is 11.6. The highest BCUT2D eigenvalue weighted by molar-refractivity contribution is 5.94. The zero-order chi connectivity index (χ0) is 13.1. The van der Waals surface area contributed by atoms with E-state index in [1.165, 1.54) is 12.8 Å². The lowest BCUT2D eigenvalue weighted by Gasteiger charge is -2.15. The van der Waals surface area contributed by atoms with Crippen LogP contribution in [0, 0.1) is 0 Å². The van der Waals surface area contributed by atoms with Crippen molar-refractivity contribution in [2.24, 2.45) is 0 Å². The van der Waals surface area contributed by atoms with E-state index in [-0.39, 0.29) is 11.5 Å². The largest absolute Gasteiger partial charge is 0.475 e. The van der Waals surface area contributed by atoms with Gasteiger partial charge in [-0.15, -0.1) is 0 Å². The Kier molecular flexibility index (Phi) is 3.61. The SMILES string of the molecule is CN(CCNC(=O)c1cc(C(=O)O)on1)C1CC1. The summed E-state index contributed by atoms with van der Waals surface area (Å²) in [6.07, 6.45) is 2.44. The van der Waals surface area contributed by atoms with Crippen molar-refractivity contribution >= 4 is 11.9 Å². The highest BCUT2D eigenvalue weighted by Crippen LogP contribution is 2.24. The van der Waals surface area contributed by atoms with E-state index in [1.807, 2.05) is 7.05 Å². The van der Waals surface area contributed by atoms with Crippen molar-refractivity contribution in [2.75, 3.05) is 20.1 Å². The summed E-state index contributed by atoms with van der Waals surface area (Å²) in [6.45, 7) is 1.27. The van der Waals surface area contributed by atoms with E-state index in [0.29, 0.717) is 12.6 Å². The summed E-state index contributed by atoms with van der Waals surface area (Å²) < 4.78 is 4.50. The summed E-state index contributed by atoms with van der Waals surface area (Å²) in [7, 11) is 2.02. The van der Waals surface area contributed by atoms with E-state index in [4.69, 9.17) is 5.11 Å². The standard InChI is InChI=1S/C11H15N3O4/c1-14(7-2-3-7)5-4-12-10(15)8-6-9(11(16)17)18-13-8/h6-7H,2-5H2,1H3,(H,12,15)(H,16,17). The minimum atomic E-state index is -1.24. The number of rotatable bonds is 6. The second-order valence-electron chi connectivity index (χ2n) is 4.35. The summed E-state index contributed by atoms with van der Waals surface area (Å²) in [5, 5.41) is 14.7. The van der Waals surface area contributed by atoms with E-state index in [2.05, 4.69) is 19.9 Å².